The van der Waals surface area contributed by atoms with Gasteiger partial charge in [-0.05, 0) is 30.2 Å². The van der Waals surface area contributed by atoms with E-state index in [-0.39, 0.29) is 0 Å². The predicted octanol–water partition coefficient (Wildman–Crippen LogP) is 3.58. The Bertz CT molecular complexity index is 346. The van der Waals surface area contributed by atoms with E-state index < -0.39 is 0 Å². The zero-order valence-corrected chi connectivity index (χ0v) is 12.3. The van der Waals surface area contributed by atoms with E-state index in [9.17, 15) is 0 Å². The Hall–Kier alpha value is -0.860. The van der Waals surface area contributed by atoms with Gasteiger partial charge in [-0.25, -0.2) is 0 Å². The fourth-order valence-electron chi connectivity index (χ4n) is 2.84. The van der Waals surface area contributed by atoms with Gasteiger partial charge >= 0.3 is 0 Å². The molecule has 0 aromatic heterocycles. The van der Waals surface area contributed by atoms with Crippen molar-refractivity contribution in [3.05, 3.63) is 35.9 Å². The minimum Gasteiger partial charge on any atom is -0.377 e. The molecule has 0 saturated carbocycles. The lowest BCUT2D eigenvalue weighted by Crippen LogP contribution is -2.31. The summed E-state index contributed by atoms with van der Waals surface area (Å²) in [6.45, 7) is 7.63. The molecule has 0 spiro atoms. The van der Waals surface area contributed by atoms with Gasteiger partial charge in [-0.2, -0.15) is 0 Å². The van der Waals surface area contributed by atoms with Crippen molar-refractivity contribution in [1.82, 2.24) is 5.32 Å². The normalized spacial score (nSPS) is 22.3. The molecule has 19 heavy (non-hydrogen) atoms. The third-order valence-electron chi connectivity index (χ3n) is 4.32. The van der Waals surface area contributed by atoms with Crippen molar-refractivity contribution < 1.29 is 4.74 Å². The van der Waals surface area contributed by atoms with E-state index in [2.05, 4.69) is 49.5 Å². The van der Waals surface area contributed by atoms with Crippen LogP contribution in [0.3, 0.4) is 0 Å². The van der Waals surface area contributed by atoms with E-state index in [0.29, 0.717) is 17.9 Å². The highest BCUT2D eigenvalue weighted by atomic mass is 16.5. The zero-order valence-electron chi connectivity index (χ0n) is 12.3. The van der Waals surface area contributed by atoms with Gasteiger partial charge in [0, 0.05) is 19.7 Å². The van der Waals surface area contributed by atoms with Crippen molar-refractivity contribution in [2.75, 3.05) is 19.7 Å². The Balaban J connectivity index is 1.87. The molecule has 1 aromatic carbocycles. The van der Waals surface area contributed by atoms with Crippen LogP contribution in [0.15, 0.2) is 30.3 Å². The largest absolute Gasteiger partial charge is 0.377 e. The average molecular weight is 261 g/mol. The number of nitrogens with one attached hydrogen (secondary N) is 1. The van der Waals surface area contributed by atoms with Gasteiger partial charge in [0.15, 0.2) is 0 Å². The van der Waals surface area contributed by atoms with Gasteiger partial charge in [-0.3, -0.25) is 0 Å². The molecule has 1 N–H and O–H groups in total. The number of hydrogen-bond acceptors (Lipinski definition) is 2. The van der Waals surface area contributed by atoms with Gasteiger partial charge in [0.05, 0.1) is 6.10 Å². The Kier molecular flexibility index (Phi) is 5.87. The zero-order chi connectivity index (χ0) is 13.5. The summed E-state index contributed by atoms with van der Waals surface area (Å²) in [6.07, 6.45) is 4.10. The number of hydrogen-bond donors (Lipinski definition) is 1. The van der Waals surface area contributed by atoms with Crippen LogP contribution in [-0.4, -0.2) is 25.8 Å². The molecule has 1 saturated heterocycles. The minimum atomic E-state index is 0.438. The van der Waals surface area contributed by atoms with E-state index in [1.54, 1.807) is 0 Å². The first-order valence-corrected chi connectivity index (χ1v) is 7.68. The molecule has 0 aliphatic carbocycles. The maximum atomic E-state index is 5.66. The van der Waals surface area contributed by atoms with Gasteiger partial charge < -0.3 is 10.1 Å². The van der Waals surface area contributed by atoms with E-state index >= 15 is 0 Å². The summed E-state index contributed by atoms with van der Waals surface area (Å²) in [7, 11) is 0. The second-order valence-corrected chi connectivity index (χ2v) is 5.70. The van der Waals surface area contributed by atoms with Gasteiger partial charge in [-0.1, -0.05) is 50.6 Å². The monoisotopic (exact) mass is 261 g/mol. The van der Waals surface area contributed by atoms with Gasteiger partial charge in [0.2, 0.25) is 0 Å². The van der Waals surface area contributed by atoms with E-state index in [0.717, 1.165) is 19.7 Å². The summed E-state index contributed by atoms with van der Waals surface area (Å²) in [6, 6.07) is 10.9. The van der Waals surface area contributed by atoms with Crippen LogP contribution >= 0.6 is 0 Å². The molecule has 1 aromatic rings. The van der Waals surface area contributed by atoms with Crippen molar-refractivity contribution in [2.45, 2.75) is 45.1 Å². The summed E-state index contributed by atoms with van der Waals surface area (Å²) in [5.74, 6) is 1.31. The van der Waals surface area contributed by atoms with Gasteiger partial charge in [0.1, 0.15) is 0 Å². The molecule has 1 heterocycles. The van der Waals surface area contributed by atoms with Crippen molar-refractivity contribution in [3.8, 4) is 0 Å². The molecule has 106 valence electrons. The summed E-state index contributed by atoms with van der Waals surface area (Å²) in [5.41, 5.74) is 1.46. The maximum absolute atomic E-state index is 5.66. The predicted molar refractivity (Wildman–Crippen MR) is 80.5 cm³/mol. The Morgan fingerprint density at radius 2 is 2.11 bits per heavy atom. The van der Waals surface area contributed by atoms with Crippen LogP contribution in [0.5, 0.6) is 0 Å². The summed E-state index contributed by atoms with van der Waals surface area (Å²) < 4.78 is 5.66. The maximum Gasteiger partial charge on any atom is 0.0700 e. The molecule has 2 heteroatoms. The highest BCUT2D eigenvalue weighted by molar-refractivity contribution is 5.20. The average Bonchev–Trinajstić information content (AvgIpc) is 2.97. The Labute approximate surface area is 117 Å². The van der Waals surface area contributed by atoms with Crippen LogP contribution in [0.4, 0.5) is 0 Å². The van der Waals surface area contributed by atoms with Gasteiger partial charge in [0.25, 0.3) is 0 Å². The fraction of sp³-hybridized carbons (Fsp3) is 0.647. The quantitative estimate of drug-likeness (QED) is 0.810. The second kappa shape index (κ2) is 7.66. The molecule has 1 aliphatic rings. The lowest BCUT2D eigenvalue weighted by molar-refractivity contribution is 0.109. The third-order valence-corrected chi connectivity index (χ3v) is 4.32. The topological polar surface area (TPSA) is 21.3 Å². The number of benzene rings is 1. The highest BCUT2D eigenvalue weighted by Gasteiger charge is 2.19. The SMILES string of the molecule is CCC(C)C(CNCC1CCCO1)c1ccccc1. The molecule has 0 amide bonds. The summed E-state index contributed by atoms with van der Waals surface area (Å²) >= 11 is 0. The van der Waals surface area contributed by atoms with Crippen molar-refractivity contribution in [1.29, 1.82) is 0 Å². The smallest absolute Gasteiger partial charge is 0.0700 e. The first-order chi connectivity index (χ1) is 9.31. The first kappa shape index (κ1) is 14.5. The number of ether oxygens (including phenoxy) is 1. The molecule has 3 atom stereocenters. The number of rotatable bonds is 7. The standard InChI is InChI=1S/C17H27NO/c1-3-14(2)17(15-8-5-4-6-9-15)13-18-12-16-10-7-11-19-16/h4-6,8-9,14,16-18H,3,7,10-13H2,1-2H3. The van der Waals surface area contributed by atoms with Crippen LogP contribution in [0, 0.1) is 5.92 Å². The summed E-state index contributed by atoms with van der Waals surface area (Å²) in [5, 5.41) is 3.62. The van der Waals surface area contributed by atoms with Crippen LogP contribution in [0.2, 0.25) is 0 Å². The van der Waals surface area contributed by atoms with Crippen molar-refractivity contribution in [3.63, 3.8) is 0 Å². The van der Waals surface area contributed by atoms with Crippen LogP contribution in [-0.2, 0) is 4.74 Å². The molecule has 1 fully saturated rings. The van der Waals surface area contributed by atoms with E-state index in [1.807, 2.05) is 0 Å². The van der Waals surface area contributed by atoms with Crippen LogP contribution in [0.1, 0.15) is 44.6 Å². The Morgan fingerprint density at radius 3 is 2.74 bits per heavy atom. The molecule has 0 radical (unpaired) electrons. The lowest BCUT2D eigenvalue weighted by atomic mass is 9.85. The molecule has 3 unspecified atom stereocenters. The fourth-order valence-corrected chi connectivity index (χ4v) is 2.84. The molecule has 0 bridgehead atoms. The van der Waals surface area contributed by atoms with Crippen molar-refractivity contribution >= 4 is 0 Å². The first-order valence-electron chi connectivity index (χ1n) is 7.68. The highest BCUT2D eigenvalue weighted by Crippen LogP contribution is 2.26. The van der Waals surface area contributed by atoms with Crippen LogP contribution in [0.25, 0.3) is 0 Å². The van der Waals surface area contributed by atoms with E-state index in [4.69, 9.17) is 4.74 Å². The molecule has 1 aliphatic heterocycles. The molecular formula is C17H27NO. The minimum absolute atomic E-state index is 0.438. The molecule has 2 nitrogen and oxygen atoms in total. The van der Waals surface area contributed by atoms with Gasteiger partial charge in [-0.15, -0.1) is 0 Å². The summed E-state index contributed by atoms with van der Waals surface area (Å²) in [4.78, 5) is 0. The third kappa shape index (κ3) is 4.32. The van der Waals surface area contributed by atoms with E-state index in [1.165, 1.54) is 24.8 Å². The van der Waals surface area contributed by atoms with Crippen molar-refractivity contribution in [2.24, 2.45) is 5.92 Å². The Morgan fingerprint density at radius 1 is 1.32 bits per heavy atom. The molecular weight excluding hydrogens is 234 g/mol. The molecule has 2 rings (SSSR count). The lowest BCUT2D eigenvalue weighted by Gasteiger charge is -2.24. The van der Waals surface area contributed by atoms with Crippen LogP contribution < -0.4 is 5.32 Å². The second-order valence-electron chi connectivity index (χ2n) is 5.70.